The second kappa shape index (κ2) is 4.99. The zero-order chi connectivity index (χ0) is 14.2. The second-order valence-corrected chi connectivity index (χ2v) is 5.37. The van der Waals surface area contributed by atoms with Gasteiger partial charge >= 0.3 is 5.69 Å². The first kappa shape index (κ1) is 13.5. The van der Waals surface area contributed by atoms with Gasteiger partial charge in [0.25, 0.3) is 0 Å². The van der Waals surface area contributed by atoms with E-state index in [0.29, 0.717) is 23.5 Å². The molecule has 2 N–H and O–H groups in total. The Morgan fingerprint density at radius 2 is 2.11 bits per heavy atom. The number of rotatable bonds is 5. The molecule has 0 amide bonds. The molecule has 1 heterocycles. The van der Waals surface area contributed by atoms with Crippen LogP contribution >= 0.6 is 0 Å². The zero-order valence-electron chi connectivity index (χ0n) is 11.5. The Morgan fingerprint density at radius 3 is 2.58 bits per heavy atom. The van der Waals surface area contributed by atoms with Crippen LogP contribution in [0.15, 0.2) is 0 Å². The molecule has 0 spiro atoms. The van der Waals surface area contributed by atoms with E-state index in [4.69, 9.17) is 5.73 Å². The minimum Gasteiger partial charge on any atom is -0.368 e. The number of hydrogen-bond acceptors (Lipinski definition) is 6. The van der Waals surface area contributed by atoms with Crippen molar-refractivity contribution in [2.24, 2.45) is 5.92 Å². The molecule has 1 aromatic heterocycles. The molecule has 1 saturated carbocycles. The SMILES string of the molecule is Cc1nc(N)nc(N(CC(C)C)C2CC2)c1[N+](=O)[O-]. The Balaban J connectivity index is 2.48. The predicted molar refractivity (Wildman–Crippen MR) is 73.0 cm³/mol. The summed E-state index contributed by atoms with van der Waals surface area (Å²) >= 11 is 0. The molecule has 2 rings (SSSR count). The monoisotopic (exact) mass is 265 g/mol. The summed E-state index contributed by atoms with van der Waals surface area (Å²) in [6.45, 7) is 6.50. The summed E-state index contributed by atoms with van der Waals surface area (Å²) in [4.78, 5) is 20.9. The molecule has 0 aromatic carbocycles. The number of nitrogens with zero attached hydrogens (tertiary/aromatic N) is 4. The molecular formula is C12H19N5O2. The van der Waals surface area contributed by atoms with Crippen LogP contribution in [0.2, 0.25) is 0 Å². The summed E-state index contributed by atoms with van der Waals surface area (Å²) in [6.07, 6.45) is 2.10. The molecule has 104 valence electrons. The predicted octanol–water partition coefficient (Wildman–Crippen LogP) is 1.90. The highest BCUT2D eigenvalue weighted by Crippen LogP contribution is 2.37. The van der Waals surface area contributed by atoms with Crippen molar-refractivity contribution in [2.75, 3.05) is 17.2 Å². The summed E-state index contributed by atoms with van der Waals surface area (Å²) in [5.41, 5.74) is 5.94. The van der Waals surface area contributed by atoms with Gasteiger partial charge in [-0.3, -0.25) is 10.1 Å². The summed E-state index contributed by atoms with van der Waals surface area (Å²) in [5.74, 6) is 0.857. The van der Waals surface area contributed by atoms with Gasteiger partial charge in [0, 0.05) is 12.6 Å². The Labute approximate surface area is 112 Å². The largest absolute Gasteiger partial charge is 0.368 e. The smallest absolute Gasteiger partial charge is 0.332 e. The Hall–Kier alpha value is -1.92. The van der Waals surface area contributed by atoms with Gasteiger partial charge in [-0.2, -0.15) is 4.98 Å². The number of aryl methyl sites for hydroxylation is 1. The van der Waals surface area contributed by atoms with E-state index in [1.807, 2.05) is 4.90 Å². The van der Waals surface area contributed by atoms with Crippen LogP contribution in [0, 0.1) is 23.0 Å². The van der Waals surface area contributed by atoms with E-state index >= 15 is 0 Å². The lowest BCUT2D eigenvalue weighted by atomic mass is 10.2. The molecule has 0 unspecified atom stereocenters. The van der Waals surface area contributed by atoms with Crippen molar-refractivity contribution in [1.29, 1.82) is 0 Å². The first-order chi connectivity index (χ1) is 8.90. The number of nitrogens with two attached hydrogens (primary N) is 1. The number of anilines is 2. The van der Waals surface area contributed by atoms with Gasteiger partial charge in [0.05, 0.1) is 4.92 Å². The third-order valence-electron chi connectivity index (χ3n) is 3.06. The fourth-order valence-electron chi connectivity index (χ4n) is 2.18. The van der Waals surface area contributed by atoms with E-state index in [0.717, 1.165) is 19.4 Å². The Morgan fingerprint density at radius 1 is 1.47 bits per heavy atom. The van der Waals surface area contributed by atoms with Crippen molar-refractivity contribution in [3.05, 3.63) is 15.8 Å². The number of nitro groups is 1. The van der Waals surface area contributed by atoms with Crippen LogP contribution in [-0.2, 0) is 0 Å². The molecular weight excluding hydrogens is 246 g/mol. The number of aromatic nitrogens is 2. The van der Waals surface area contributed by atoms with Crippen molar-refractivity contribution in [1.82, 2.24) is 9.97 Å². The van der Waals surface area contributed by atoms with Crippen LogP contribution in [-0.4, -0.2) is 27.5 Å². The van der Waals surface area contributed by atoms with Gasteiger partial charge in [0.1, 0.15) is 5.69 Å². The summed E-state index contributed by atoms with van der Waals surface area (Å²) < 4.78 is 0. The molecule has 0 atom stereocenters. The lowest BCUT2D eigenvalue weighted by Gasteiger charge is -2.25. The van der Waals surface area contributed by atoms with E-state index in [-0.39, 0.29) is 11.6 Å². The molecule has 1 aliphatic rings. The molecule has 7 heteroatoms. The molecule has 1 aromatic rings. The molecule has 0 aliphatic heterocycles. The molecule has 0 radical (unpaired) electrons. The quantitative estimate of drug-likeness (QED) is 0.645. The molecule has 7 nitrogen and oxygen atoms in total. The lowest BCUT2D eigenvalue weighted by Crippen LogP contribution is -2.31. The van der Waals surface area contributed by atoms with E-state index < -0.39 is 4.92 Å². The maximum Gasteiger partial charge on any atom is 0.332 e. The van der Waals surface area contributed by atoms with E-state index in [1.165, 1.54) is 0 Å². The third-order valence-corrected chi connectivity index (χ3v) is 3.06. The van der Waals surface area contributed by atoms with Crippen molar-refractivity contribution >= 4 is 17.5 Å². The van der Waals surface area contributed by atoms with Gasteiger partial charge in [0.2, 0.25) is 11.8 Å². The van der Waals surface area contributed by atoms with Crippen LogP contribution in [0.25, 0.3) is 0 Å². The summed E-state index contributed by atoms with van der Waals surface area (Å²) in [7, 11) is 0. The Kier molecular flexibility index (Phi) is 3.55. The fraction of sp³-hybridized carbons (Fsp3) is 0.667. The van der Waals surface area contributed by atoms with Crippen molar-refractivity contribution in [3.63, 3.8) is 0 Å². The Bertz CT molecular complexity index is 499. The first-order valence-electron chi connectivity index (χ1n) is 6.45. The van der Waals surface area contributed by atoms with Gasteiger partial charge in [0.15, 0.2) is 0 Å². The highest BCUT2D eigenvalue weighted by molar-refractivity contribution is 5.63. The highest BCUT2D eigenvalue weighted by atomic mass is 16.6. The maximum atomic E-state index is 11.2. The standard InChI is InChI=1S/C12H19N5O2/c1-7(2)6-16(9-4-5-9)11-10(17(18)19)8(3)14-12(13)15-11/h7,9H,4-6H2,1-3H3,(H2,13,14,15). The third kappa shape index (κ3) is 2.91. The summed E-state index contributed by atoms with van der Waals surface area (Å²) in [6, 6.07) is 0.342. The van der Waals surface area contributed by atoms with Crippen LogP contribution in [0.1, 0.15) is 32.4 Å². The normalized spacial score (nSPS) is 14.7. The minimum absolute atomic E-state index is 0.0262. The average molecular weight is 265 g/mol. The highest BCUT2D eigenvalue weighted by Gasteiger charge is 2.35. The number of hydrogen-bond donors (Lipinski definition) is 1. The van der Waals surface area contributed by atoms with Crippen LogP contribution < -0.4 is 10.6 Å². The molecule has 1 aliphatic carbocycles. The minimum atomic E-state index is -0.417. The van der Waals surface area contributed by atoms with Gasteiger partial charge in [-0.25, -0.2) is 4.98 Å². The van der Waals surface area contributed by atoms with Crippen LogP contribution in [0.3, 0.4) is 0 Å². The summed E-state index contributed by atoms with van der Waals surface area (Å²) in [5, 5.41) is 11.2. The van der Waals surface area contributed by atoms with Gasteiger partial charge in [-0.1, -0.05) is 13.8 Å². The average Bonchev–Trinajstić information content (AvgIpc) is 3.07. The first-order valence-corrected chi connectivity index (χ1v) is 6.45. The van der Waals surface area contributed by atoms with Gasteiger partial charge < -0.3 is 10.6 Å². The zero-order valence-corrected chi connectivity index (χ0v) is 11.5. The fourth-order valence-corrected chi connectivity index (χ4v) is 2.18. The van der Waals surface area contributed by atoms with Crippen molar-refractivity contribution < 1.29 is 4.92 Å². The number of nitrogen functional groups attached to an aromatic ring is 1. The molecule has 19 heavy (non-hydrogen) atoms. The molecule has 0 saturated heterocycles. The van der Waals surface area contributed by atoms with Gasteiger partial charge in [-0.05, 0) is 25.7 Å². The topological polar surface area (TPSA) is 98.2 Å². The second-order valence-electron chi connectivity index (χ2n) is 5.37. The molecule has 0 bridgehead atoms. The van der Waals surface area contributed by atoms with E-state index in [9.17, 15) is 10.1 Å². The van der Waals surface area contributed by atoms with Crippen molar-refractivity contribution in [2.45, 2.75) is 39.7 Å². The van der Waals surface area contributed by atoms with E-state index in [1.54, 1.807) is 6.92 Å². The maximum absolute atomic E-state index is 11.2. The van der Waals surface area contributed by atoms with Gasteiger partial charge in [-0.15, -0.1) is 0 Å². The van der Waals surface area contributed by atoms with Crippen LogP contribution in [0.4, 0.5) is 17.5 Å². The van der Waals surface area contributed by atoms with E-state index in [2.05, 4.69) is 23.8 Å². The van der Waals surface area contributed by atoms with Crippen molar-refractivity contribution in [3.8, 4) is 0 Å². The lowest BCUT2D eigenvalue weighted by molar-refractivity contribution is -0.385. The van der Waals surface area contributed by atoms with Crippen LogP contribution in [0.5, 0.6) is 0 Å². The molecule has 1 fully saturated rings.